The van der Waals surface area contributed by atoms with Crippen LogP contribution in [0, 0.1) is 0 Å². The third kappa shape index (κ3) is 6.84. The Labute approximate surface area is 153 Å². The molecule has 2 rings (SSSR count). The number of hydrogen-bond acceptors (Lipinski definition) is 4. The maximum absolute atomic E-state index is 11.9. The lowest BCUT2D eigenvalue weighted by atomic mass is 10.1. The number of benzene rings is 2. The minimum Gasteiger partial charge on any atom is -0.497 e. The van der Waals surface area contributed by atoms with Gasteiger partial charge in [0.15, 0.2) is 0 Å². The fraction of sp³-hybridized carbons (Fsp3) is 0.300. The average Bonchev–Trinajstić information content (AvgIpc) is 2.63. The monoisotopic (exact) mass is 355 g/mol. The molecule has 0 saturated heterocycles. The molecule has 0 aliphatic heterocycles. The fourth-order valence-electron chi connectivity index (χ4n) is 2.46. The fourth-order valence-corrected chi connectivity index (χ4v) is 2.46. The van der Waals surface area contributed by atoms with Crippen LogP contribution in [0.1, 0.15) is 32.1 Å². The summed E-state index contributed by atoms with van der Waals surface area (Å²) in [5.41, 5.74) is 7.73. The molecule has 0 aromatic heterocycles. The van der Waals surface area contributed by atoms with E-state index in [1.54, 1.807) is 37.4 Å². The molecule has 2 aromatic carbocycles. The number of carbonyl (C=O) groups is 2. The Hall–Kier alpha value is -3.02. The van der Waals surface area contributed by atoms with Crippen molar-refractivity contribution in [2.45, 2.75) is 32.1 Å². The van der Waals surface area contributed by atoms with E-state index < -0.39 is 0 Å². The number of hydrogen-bond donors (Lipinski definition) is 3. The van der Waals surface area contributed by atoms with E-state index in [9.17, 15) is 9.59 Å². The molecule has 0 unspecified atom stereocenters. The summed E-state index contributed by atoms with van der Waals surface area (Å²) in [7, 11) is 1.59. The summed E-state index contributed by atoms with van der Waals surface area (Å²) in [6.45, 7) is 0. The molecule has 0 saturated carbocycles. The minimum absolute atomic E-state index is 0.0318. The van der Waals surface area contributed by atoms with Crippen LogP contribution in [0.2, 0.25) is 0 Å². The molecule has 6 heteroatoms. The highest BCUT2D eigenvalue weighted by Gasteiger charge is 2.05. The highest BCUT2D eigenvalue weighted by atomic mass is 16.5. The SMILES string of the molecule is COc1cccc(NC(=O)CCCCCC(=O)Nc2ccc(N)cc2)c1. The normalized spacial score (nSPS) is 10.2. The third-order valence-electron chi connectivity index (χ3n) is 3.86. The number of nitrogens with one attached hydrogen (secondary N) is 2. The van der Waals surface area contributed by atoms with Crippen molar-refractivity contribution >= 4 is 28.9 Å². The molecule has 0 bridgehead atoms. The molecule has 0 atom stereocenters. The van der Waals surface area contributed by atoms with E-state index in [4.69, 9.17) is 10.5 Å². The van der Waals surface area contributed by atoms with Crippen molar-refractivity contribution in [3.8, 4) is 5.75 Å². The van der Waals surface area contributed by atoms with Gasteiger partial charge in [-0.25, -0.2) is 0 Å². The van der Waals surface area contributed by atoms with Crippen LogP contribution in [0.4, 0.5) is 17.1 Å². The van der Waals surface area contributed by atoms with Crippen molar-refractivity contribution in [3.63, 3.8) is 0 Å². The lowest BCUT2D eigenvalue weighted by Gasteiger charge is -2.07. The molecule has 2 aromatic rings. The van der Waals surface area contributed by atoms with Crippen LogP contribution in [0.15, 0.2) is 48.5 Å². The van der Waals surface area contributed by atoms with Gasteiger partial charge in [0.25, 0.3) is 0 Å². The second-order valence-corrected chi connectivity index (χ2v) is 6.01. The Balaban J connectivity index is 1.60. The van der Waals surface area contributed by atoms with Crippen LogP contribution in [0.3, 0.4) is 0 Å². The van der Waals surface area contributed by atoms with E-state index in [-0.39, 0.29) is 11.8 Å². The Morgan fingerprint density at radius 1 is 0.885 bits per heavy atom. The number of ether oxygens (including phenoxy) is 1. The summed E-state index contributed by atoms with van der Waals surface area (Å²) in [5.74, 6) is 0.634. The molecule has 0 fully saturated rings. The molecular weight excluding hydrogens is 330 g/mol. The molecular formula is C20H25N3O3. The van der Waals surface area contributed by atoms with Crippen molar-refractivity contribution in [1.29, 1.82) is 0 Å². The van der Waals surface area contributed by atoms with E-state index in [1.165, 1.54) is 0 Å². The maximum atomic E-state index is 11.9. The first-order valence-corrected chi connectivity index (χ1v) is 8.66. The minimum atomic E-state index is -0.0374. The number of anilines is 3. The van der Waals surface area contributed by atoms with E-state index in [2.05, 4.69) is 10.6 Å². The average molecular weight is 355 g/mol. The van der Waals surface area contributed by atoms with Crippen molar-refractivity contribution in [2.24, 2.45) is 0 Å². The standard InChI is InChI=1S/C20H25N3O3/c1-26-18-7-5-6-17(14-18)23-20(25)9-4-2-3-8-19(24)22-16-12-10-15(21)11-13-16/h5-7,10-14H,2-4,8-9,21H2,1H3,(H,22,24)(H,23,25). The molecule has 0 radical (unpaired) electrons. The number of amides is 2. The van der Waals surface area contributed by atoms with Crippen molar-refractivity contribution in [1.82, 2.24) is 0 Å². The quantitative estimate of drug-likeness (QED) is 0.471. The zero-order chi connectivity index (χ0) is 18.8. The summed E-state index contributed by atoms with van der Waals surface area (Å²) in [5, 5.41) is 5.67. The van der Waals surface area contributed by atoms with Crippen molar-refractivity contribution in [3.05, 3.63) is 48.5 Å². The van der Waals surface area contributed by atoms with Gasteiger partial charge in [-0.2, -0.15) is 0 Å². The van der Waals surface area contributed by atoms with Crippen LogP contribution in [0.5, 0.6) is 5.75 Å². The molecule has 4 N–H and O–H groups in total. The van der Waals surface area contributed by atoms with Gasteiger partial charge in [-0.15, -0.1) is 0 Å². The smallest absolute Gasteiger partial charge is 0.224 e. The van der Waals surface area contributed by atoms with Gasteiger partial charge < -0.3 is 21.1 Å². The zero-order valence-corrected chi connectivity index (χ0v) is 15.0. The van der Waals surface area contributed by atoms with E-state index >= 15 is 0 Å². The number of carbonyl (C=O) groups excluding carboxylic acids is 2. The summed E-state index contributed by atoms with van der Waals surface area (Å²) < 4.78 is 5.12. The molecule has 0 aliphatic rings. The first-order chi connectivity index (χ1) is 12.6. The molecule has 26 heavy (non-hydrogen) atoms. The van der Waals surface area contributed by atoms with Gasteiger partial charge in [-0.05, 0) is 49.2 Å². The summed E-state index contributed by atoms with van der Waals surface area (Å²) in [4.78, 5) is 23.8. The Morgan fingerprint density at radius 3 is 2.12 bits per heavy atom. The predicted octanol–water partition coefficient (Wildman–Crippen LogP) is 3.81. The van der Waals surface area contributed by atoms with E-state index in [1.807, 2.05) is 18.2 Å². The lowest BCUT2D eigenvalue weighted by Crippen LogP contribution is -2.12. The highest BCUT2D eigenvalue weighted by Crippen LogP contribution is 2.17. The van der Waals surface area contributed by atoms with Gasteiger partial charge in [0.1, 0.15) is 5.75 Å². The Kier molecular flexibility index (Phi) is 7.49. The Morgan fingerprint density at radius 2 is 1.50 bits per heavy atom. The topological polar surface area (TPSA) is 93.4 Å². The zero-order valence-electron chi connectivity index (χ0n) is 15.0. The van der Waals surface area contributed by atoms with Gasteiger partial charge in [-0.1, -0.05) is 12.5 Å². The van der Waals surface area contributed by atoms with Crippen LogP contribution < -0.4 is 21.1 Å². The predicted molar refractivity (Wildman–Crippen MR) is 104 cm³/mol. The first-order valence-electron chi connectivity index (χ1n) is 8.66. The van der Waals surface area contributed by atoms with Gasteiger partial charge in [0, 0.05) is 36.0 Å². The molecule has 0 heterocycles. The molecule has 6 nitrogen and oxygen atoms in total. The first kappa shape index (κ1) is 19.3. The van der Waals surface area contributed by atoms with Gasteiger partial charge in [0.2, 0.25) is 11.8 Å². The van der Waals surface area contributed by atoms with E-state index in [0.717, 1.165) is 30.6 Å². The Bertz CT molecular complexity index is 729. The summed E-state index contributed by atoms with van der Waals surface area (Å²) in [6.07, 6.45) is 3.16. The van der Waals surface area contributed by atoms with Gasteiger partial charge in [-0.3, -0.25) is 9.59 Å². The summed E-state index contributed by atoms with van der Waals surface area (Å²) >= 11 is 0. The number of nitrogens with two attached hydrogens (primary N) is 1. The number of methoxy groups -OCH3 is 1. The number of unbranched alkanes of at least 4 members (excludes halogenated alkanes) is 2. The number of nitrogen functional groups attached to an aromatic ring is 1. The van der Waals surface area contributed by atoms with Crippen LogP contribution in [0.25, 0.3) is 0 Å². The van der Waals surface area contributed by atoms with Crippen LogP contribution >= 0.6 is 0 Å². The molecule has 0 spiro atoms. The number of rotatable bonds is 9. The van der Waals surface area contributed by atoms with Gasteiger partial charge in [0.05, 0.1) is 7.11 Å². The van der Waals surface area contributed by atoms with Crippen LogP contribution in [-0.2, 0) is 9.59 Å². The van der Waals surface area contributed by atoms with E-state index in [0.29, 0.717) is 24.3 Å². The molecule has 2 amide bonds. The summed E-state index contributed by atoms with van der Waals surface area (Å²) in [6, 6.07) is 14.3. The largest absolute Gasteiger partial charge is 0.497 e. The van der Waals surface area contributed by atoms with Crippen molar-refractivity contribution in [2.75, 3.05) is 23.5 Å². The maximum Gasteiger partial charge on any atom is 0.224 e. The van der Waals surface area contributed by atoms with Crippen molar-refractivity contribution < 1.29 is 14.3 Å². The second kappa shape index (κ2) is 10.1. The third-order valence-corrected chi connectivity index (χ3v) is 3.86. The van der Waals surface area contributed by atoms with Gasteiger partial charge >= 0.3 is 0 Å². The lowest BCUT2D eigenvalue weighted by molar-refractivity contribution is -0.116. The second-order valence-electron chi connectivity index (χ2n) is 6.01. The van der Waals surface area contributed by atoms with Crippen LogP contribution in [-0.4, -0.2) is 18.9 Å². The molecule has 138 valence electrons. The highest BCUT2D eigenvalue weighted by molar-refractivity contribution is 5.91. The molecule has 0 aliphatic carbocycles.